The van der Waals surface area contributed by atoms with Crippen LogP contribution in [0.25, 0.3) is 17.0 Å². The Kier molecular flexibility index (Phi) is 4.27. The molecule has 1 aliphatic rings. The minimum absolute atomic E-state index is 0.283. The second-order valence-corrected chi connectivity index (χ2v) is 6.08. The minimum atomic E-state index is -2.63. The molecule has 4 rings (SSSR count). The second-order valence-electron chi connectivity index (χ2n) is 6.08. The molecule has 0 aliphatic carbocycles. The van der Waals surface area contributed by atoms with E-state index in [2.05, 4.69) is 25.6 Å². The molecule has 1 saturated heterocycles. The number of nitrogens with one attached hydrogen (secondary N) is 2. The number of anilines is 1. The van der Waals surface area contributed by atoms with Gasteiger partial charge < -0.3 is 10.6 Å². The second kappa shape index (κ2) is 6.72. The van der Waals surface area contributed by atoms with Crippen molar-refractivity contribution in [3.05, 3.63) is 42.5 Å². The zero-order valence-electron chi connectivity index (χ0n) is 13.5. The summed E-state index contributed by atoms with van der Waals surface area (Å²) < 4.78 is 27.5. The predicted molar refractivity (Wildman–Crippen MR) is 90.7 cm³/mol. The first kappa shape index (κ1) is 15.9. The smallest absolute Gasteiger partial charge is 0.281 e. The molecule has 2 N–H and O–H groups in total. The third kappa shape index (κ3) is 3.30. The number of aromatic nitrogens is 4. The fourth-order valence-electron chi connectivity index (χ4n) is 3.05. The van der Waals surface area contributed by atoms with E-state index in [0.717, 1.165) is 31.7 Å². The minimum Gasteiger partial charge on any atom is -0.366 e. The van der Waals surface area contributed by atoms with Gasteiger partial charge in [0.15, 0.2) is 5.65 Å². The summed E-state index contributed by atoms with van der Waals surface area (Å²) in [6.07, 6.45) is 3.89. The van der Waals surface area contributed by atoms with Gasteiger partial charge in [0, 0.05) is 18.8 Å². The highest BCUT2D eigenvalue weighted by atomic mass is 19.3. The summed E-state index contributed by atoms with van der Waals surface area (Å²) in [5.74, 6) is 0.768. The van der Waals surface area contributed by atoms with Gasteiger partial charge >= 0.3 is 0 Å². The molecule has 3 aromatic rings. The van der Waals surface area contributed by atoms with Gasteiger partial charge in [0.2, 0.25) is 0 Å². The van der Waals surface area contributed by atoms with Crippen molar-refractivity contribution in [3.8, 4) is 11.4 Å². The number of nitrogens with zero attached hydrogens (tertiary/aromatic N) is 4. The molecule has 4 heterocycles. The maximum Gasteiger partial charge on any atom is 0.281 e. The summed E-state index contributed by atoms with van der Waals surface area (Å²) >= 11 is 0. The molecule has 0 unspecified atom stereocenters. The van der Waals surface area contributed by atoms with Gasteiger partial charge in [-0.3, -0.25) is 4.40 Å². The quantitative estimate of drug-likeness (QED) is 0.762. The molecule has 1 atom stereocenters. The Labute approximate surface area is 143 Å². The normalized spacial score (nSPS) is 18.0. The molecule has 0 saturated carbocycles. The van der Waals surface area contributed by atoms with Crippen molar-refractivity contribution in [3.63, 3.8) is 0 Å². The Morgan fingerprint density at radius 1 is 1.24 bits per heavy atom. The zero-order valence-corrected chi connectivity index (χ0v) is 13.5. The van der Waals surface area contributed by atoms with Crippen molar-refractivity contribution >= 4 is 11.5 Å². The lowest BCUT2D eigenvalue weighted by atomic mass is 10.1. The lowest BCUT2D eigenvalue weighted by molar-refractivity contribution is 0.145. The summed E-state index contributed by atoms with van der Waals surface area (Å²) in [4.78, 5) is 12.6. The number of rotatable bonds is 4. The third-order valence-electron chi connectivity index (χ3n) is 4.30. The number of pyridine rings is 1. The van der Waals surface area contributed by atoms with E-state index in [1.165, 1.54) is 12.4 Å². The van der Waals surface area contributed by atoms with Gasteiger partial charge in [0.1, 0.15) is 11.5 Å². The molecular weight excluding hydrogens is 326 g/mol. The molecule has 130 valence electrons. The first-order valence-electron chi connectivity index (χ1n) is 8.26. The Morgan fingerprint density at radius 2 is 2.16 bits per heavy atom. The first-order chi connectivity index (χ1) is 12.2. The average Bonchev–Trinajstić information content (AvgIpc) is 3.06. The van der Waals surface area contributed by atoms with E-state index in [4.69, 9.17) is 0 Å². The van der Waals surface area contributed by atoms with Crippen LogP contribution in [0.15, 0.2) is 36.8 Å². The van der Waals surface area contributed by atoms with Crippen molar-refractivity contribution < 1.29 is 8.78 Å². The van der Waals surface area contributed by atoms with E-state index in [9.17, 15) is 8.78 Å². The maximum absolute atomic E-state index is 12.9. The number of hydrogen-bond acceptors (Lipinski definition) is 5. The molecule has 8 heteroatoms. The first-order valence-corrected chi connectivity index (χ1v) is 8.26. The Balaban J connectivity index is 1.66. The van der Waals surface area contributed by atoms with Crippen LogP contribution in [0.4, 0.5) is 14.6 Å². The van der Waals surface area contributed by atoms with Gasteiger partial charge in [-0.1, -0.05) is 6.07 Å². The van der Waals surface area contributed by atoms with Crippen LogP contribution in [0.3, 0.4) is 0 Å². The standard InChI is InChI=1S/C17H18F2N6/c18-17(19)13-10-25-14(8-22-16(25)9-21-13)12-4-1-5-15(24-12)23-11-3-2-6-20-7-11/h1,4-5,8-11,17,20H,2-3,6-7H2,(H,23,24)/t11-/m1/s1. The van der Waals surface area contributed by atoms with Crippen molar-refractivity contribution in [2.75, 3.05) is 18.4 Å². The van der Waals surface area contributed by atoms with Gasteiger partial charge in [-0.05, 0) is 31.5 Å². The number of alkyl halides is 2. The maximum atomic E-state index is 12.9. The summed E-state index contributed by atoms with van der Waals surface area (Å²) in [7, 11) is 0. The van der Waals surface area contributed by atoms with Crippen LogP contribution in [-0.4, -0.2) is 38.5 Å². The van der Waals surface area contributed by atoms with Crippen LogP contribution in [-0.2, 0) is 0 Å². The molecular formula is C17H18F2N6. The SMILES string of the molecule is FC(F)c1cn2c(-c3cccc(N[C@@H]4CCCNC4)n3)cnc2cn1. The van der Waals surface area contributed by atoms with Crippen molar-refractivity contribution in [2.45, 2.75) is 25.3 Å². The van der Waals surface area contributed by atoms with Crippen molar-refractivity contribution in [1.82, 2.24) is 24.7 Å². The Morgan fingerprint density at radius 3 is 2.96 bits per heavy atom. The highest BCUT2D eigenvalue weighted by molar-refractivity contribution is 5.61. The lowest BCUT2D eigenvalue weighted by Gasteiger charge is -2.24. The van der Waals surface area contributed by atoms with Crippen molar-refractivity contribution in [2.24, 2.45) is 0 Å². The van der Waals surface area contributed by atoms with Crippen LogP contribution >= 0.6 is 0 Å². The molecule has 6 nitrogen and oxygen atoms in total. The molecule has 0 spiro atoms. The number of fused-ring (bicyclic) bond motifs is 1. The van der Waals surface area contributed by atoms with Gasteiger partial charge in [0.05, 0.1) is 23.8 Å². The summed E-state index contributed by atoms with van der Waals surface area (Å²) in [5.41, 5.74) is 1.56. The van der Waals surface area contributed by atoms with E-state index in [-0.39, 0.29) is 5.69 Å². The number of imidazole rings is 1. The predicted octanol–water partition coefficient (Wildman–Crippen LogP) is 2.89. The Bertz CT molecular complexity index is 872. The molecule has 25 heavy (non-hydrogen) atoms. The molecule has 1 aliphatic heterocycles. The van der Waals surface area contributed by atoms with Crippen LogP contribution in [0.1, 0.15) is 25.0 Å². The lowest BCUT2D eigenvalue weighted by Crippen LogP contribution is -2.38. The van der Waals surface area contributed by atoms with Crippen LogP contribution in [0.2, 0.25) is 0 Å². The fourth-order valence-corrected chi connectivity index (χ4v) is 3.05. The van der Waals surface area contributed by atoms with Gasteiger partial charge in [0.25, 0.3) is 6.43 Å². The average molecular weight is 344 g/mol. The van der Waals surface area contributed by atoms with E-state index < -0.39 is 6.43 Å². The van der Waals surface area contributed by atoms with Crippen LogP contribution in [0.5, 0.6) is 0 Å². The molecule has 0 amide bonds. The summed E-state index contributed by atoms with van der Waals surface area (Å²) in [6.45, 7) is 1.96. The number of hydrogen-bond donors (Lipinski definition) is 2. The van der Waals surface area contributed by atoms with E-state index >= 15 is 0 Å². The fraction of sp³-hybridized carbons (Fsp3) is 0.353. The van der Waals surface area contributed by atoms with Crippen molar-refractivity contribution in [1.29, 1.82) is 0 Å². The van der Waals surface area contributed by atoms with E-state index in [1.807, 2.05) is 18.2 Å². The van der Waals surface area contributed by atoms with Gasteiger partial charge in [-0.25, -0.2) is 23.7 Å². The zero-order chi connectivity index (χ0) is 17.2. The topological polar surface area (TPSA) is 67.1 Å². The van der Waals surface area contributed by atoms with Gasteiger partial charge in [-0.15, -0.1) is 0 Å². The highest BCUT2D eigenvalue weighted by Gasteiger charge is 2.15. The number of piperidine rings is 1. The third-order valence-corrected chi connectivity index (χ3v) is 4.30. The monoisotopic (exact) mass is 344 g/mol. The highest BCUT2D eigenvalue weighted by Crippen LogP contribution is 2.23. The van der Waals surface area contributed by atoms with E-state index in [0.29, 0.717) is 23.1 Å². The molecule has 0 radical (unpaired) electrons. The molecule has 3 aromatic heterocycles. The molecule has 0 aromatic carbocycles. The van der Waals surface area contributed by atoms with Gasteiger partial charge in [-0.2, -0.15) is 0 Å². The molecule has 1 fully saturated rings. The summed E-state index contributed by atoms with van der Waals surface area (Å²) in [6, 6.07) is 5.99. The van der Waals surface area contributed by atoms with E-state index in [1.54, 1.807) is 10.6 Å². The number of halogens is 2. The van der Waals surface area contributed by atoms with Crippen LogP contribution in [0, 0.1) is 0 Å². The van der Waals surface area contributed by atoms with Crippen LogP contribution < -0.4 is 10.6 Å². The molecule has 0 bridgehead atoms. The Hall–Kier alpha value is -2.61. The largest absolute Gasteiger partial charge is 0.366 e. The summed E-state index contributed by atoms with van der Waals surface area (Å²) in [5, 5.41) is 6.78.